The second kappa shape index (κ2) is 4.13. The van der Waals surface area contributed by atoms with Crippen LogP contribution >= 0.6 is 0 Å². The van der Waals surface area contributed by atoms with Crippen molar-refractivity contribution in [3.63, 3.8) is 0 Å². The third-order valence-electron chi connectivity index (χ3n) is 3.04. The Labute approximate surface area is 101 Å². The summed E-state index contributed by atoms with van der Waals surface area (Å²) in [5, 5.41) is 19.4. The van der Waals surface area contributed by atoms with Gasteiger partial charge in [-0.2, -0.15) is 0 Å². The lowest BCUT2D eigenvalue weighted by Gasteiger charge is -2.09. The maximum Gasteiger partial charge on any atom is 0.119 e. The van der Waals surface area contributed by atoms with E-state index in [1.54, 1.807) is 18.2 Å². The summed E-state index contributed by atoms with van der Waals surface area (Å²) in [6.07, 6.45) is 0. The zero-order chi connectivity index (χ0) is 12.6. The first-order valence-corrected chi connectivity index (χ1v) is 5.58. The molecule has 0 fully saturated rings. The van der Waals surface area contributed by atoms with Crippen molar-refractivity contribution in [1.29, 1.82) is 0 Å². The molecule has 0 spiro atoms. The van der Waals surface area contributed by atoms with Crippen molar-refractivity contribution in [2.24, 2.45) is 0 Å². The highest BCUT2D eigenvalue weighted by Gasteiger charge is 2.06. The predicted octanol–water partition coefficient (Wildman–Crippen LogP) is 3.69. The molecule has 2 nitrogen and oxygen atoms in total. The van der Waals surface area contributed by atoms with Gasteiger partial charge in [-0.3, -0.25) is 0 Å². The molecule has 88 valence electrons. The normalized spacial score (nSPS) is 10.5. The molecule has 0 atom stereocenters. The summed E-state index contributed by atoms with van der Waals surface area (Å²) in [6, 6.07) is 9.16. The molecule has 0 aliphatic heterocycles. The zero-order valence-corrected chi connectivity index (χ0v) is 10.3. The molecular weight excluding hydrogens is 212 g/mol. The van der Waals surface area contributed by atoms with E-state index in [9.17, 15) is 10.2 Å². The maximum atomic E-state index is 9.82. The van der Waals surface area contributed by atoms with Crippen LogP contribution in [0.3, 0.4) is 0 Å². The molecule has 0 aliphatic rings. The minimum absolute atomic E-state index is 0.248. The van der Waals surface area contributed by atoms with E-state index in [4.69, 9.17) is 0 Å². The number of phenolic OH excluding ortho intramolecular Hbond substituents is 2. The third kappa shape index (κ3) is 2.26. The summed E-state index contributed by atoms with van der Waals surface area (Å²) in [6.45, 7) is 5.79. The van der Waals surface area contributed by atoms with E-state index in [0.29, 0.717) is 5.75 Å². The maximum absolute atomic E-state index is 9.82. The number of phenols is 2. The second-order valence-corrected chi connectivity index (χ2v) is 4.49. The highest BCUT2D eigenvalue weighted by molar-refractivity contribution is 5.69. The van der Waals surface area contributed by atoms with E-state index in [1.807, 2.05) is 32.9 Å². The van der Waals surface area contributed by atoms with Gasteiger partial charge in [0, 0.05) is 0 Å². The minimum Gasteiger partial charge on any atom is -0.508 e. The smallest absolute Gasteiger partial charge is 0.119 e. The fraction of sp³-hybridized carbons (Fsp3) is 0.200. The monoisotopic (exact) mass is 228 g/mol. The van der Waals surface area contributed by atoms with Crippen LogP contribution in [0, 0.1) is 20.8 Å². The number of benzene rings is 2. The van der Waals surface area contributed by atoms with Crippen LogP contribution in [0.1, 0.15) is 16.7 Å². The Morgan fingerprint density at radius 2 is 1.41 bits per heavy atom. The van der Waals surface area contributed by atoms with E-state index in [-0.39, 0.29) is 5.75 Å². The Hall–Kier alpha value is -1.96. The van der Waals surface area contributed by atoms with E-state index in [2.05, 4.69) is 0 Å². The van der Waals surface area contributed by atoms with Gasteiger partial charge in [0.1, 0.15) is 11.5 Å². The van der Waals surface area contributed by atoms with Gasteiger partial charge in [0.15, 0.2) is 0 Å². The predicted molar refractivity (Wildman–Crippen MR) is 69.4 cm³/mol. The Morgan fingerprint density at radius 1 is 0.765 bits per heavy atom. The lowest BCUT2D eigenvalue weighted by atomic mass is 9.98. The largest absolute Gasteiger partial charge is 0.508 e. The van der Waals surface area contributed by atoms with Crippen LogP contribution in [0.4, 0.5) is 0 Å². The number of aromatic hydroxyl groups is 2. The van der Waals surface area contributed by atoms with Crippen molar-refractivity contribution in [3.8, 4) is 22.6 Å². The van der Waals surface area contributed by atoms with Gasteiger partial charge in [-0.25, -0.2) is 0 Å². The molecule has 2 heteroatoms. The van der Waals surface area contributed by atoms with Gasteiger partial charge in [-0.1, -0.05) is 12.1 Å². The molecule has 2 N–H and O–H groups in total. The summed E-state index contributed by atoms with van der Waals surface area (Å²) >= 11 is 0. The van der Waals surface area contributed by atoms with Gasteiger partial charge in [0.05, 0.1) is 0 Å². The highest BCUT2D eigenvalue weighted by atomic mass is 16.3. The lowest BCUT2D eigenvalue weighted by Crippen LogP contribution is -1.86. The topological polar surface area (TPSA) is 40.5 Å². The van der Waals surface area contributed by atoms with E-state index >= 15 is 0 Å². The quantitative estimate of drug-likeness (QED) is 0.781. The number of hydrogen-bond acceptors (Lipinski definition) is 2. The molecule has 0 heterocycles. The number of rotatable bonds is 1. The Morgan fingerprint density at radius 3 is 2.00 bits per heavy atom. The summed E-state index contributed by atoms with van der Waals surface area (Å²) in [5.74, 6) is 0.540. The molecule has 2 rings (SSSR count). The van der Waals surface area contributed by atoms with Crippen molar-refractivity contribution in [1.82, 2.24) is 0 Å². The van der Waals surface area contributed by atoms with Gasteiger partial charge in [-0.05, 0) is 66.8 Å². The van der Waals surface area contributed by atoms with Crippen molar-refractivity contribution < 1.29 is 10.2 Å². The molecule has 0 aromatic heterocycles. The molecule has 17 heavy (non-hydrogen) atoms. The van der Waals surface area contributed by atoms with Gasteiger partial charge < -0.3 is 10.2 Å². The first-order chi connectivity index (χ1) is 7.97. The van der Waals surface area contributed by atoms with E-state index in [1.165, 1.54) is 0 Å². The van der Waals surface area contributed by atoms with Crippen LogP contribution in [-0.4, -0.2) is 10.2 Å². The molecule has 0 saturated carbocycles. The average Bonchev–Trinajstić information content (AvgIpc) is 2.23. The van der Waals surface area contributed by atoms with Crippen LogP contribution in [-0.2, 0) is 0 Å². The number of aryl methyl sites for hydroxylation is 2. The van der Waals surface area contributed by atoms with Crippen molar-refractivity contribution in [3.05, 3.63) is 47.0 Å². The van der Waals surface area contributed by atoms with Crippen molar-refractivity contribution in [2.45, 2.75) is 20.8 Å². The van der Waals surface area contributed by atoms with Gasteiger partial charge >= 0.3 is 0 Å². The van der Waals surface area contributed by atoms with E-state index in [0.717, 1.165) is 27.8 Å². The average molecular weight is 228 g/mol. The Balaban J connectivity index is 2.60. The summed E-state index contributed by atoms with van der Waals surface area (Å²) in [5.41, 5.74) is 4.77. The Bertz CT molecular complexity index is 528. The Kier molecular flexibility index (Phi) is 2.80. The molecule has 0 unspecified atom stereocenters. The van der Waals surface area contributed by atoms with Crippen LogP contribution in [0.2, 0.25) is 0 Å². The number of hydrogen-bond donors (Lipinski definition) is 2. The molecule has 2 aromatic carbocycles. The fourth-order valence-electron chi connectivity index (χ4n) is 1.94. The van der Waals surface area contributed by atoms with Crippen molar-refractivity contribution >= 4 is 0 Å². The standard InChI is InChI=1S/C15H16O2/c1-9-4-12(7-14(16)5-9)13-6-10(2)11(3)15(17)8-13/h4-8,16-17H,1-3H3. The third-order valence-corrected chi connectivity index (χ3v) is 3.04. The summed E-state index contributed by atoms with van der Waals surface area (Å²) in [4.78, 5) is 0. The van der Waals surface area contributed by atoms with Crippen LogP contribution in [0.25, 0.3) is 11.1 Å². The SMILES string of the molecule is Cc1cc(O)cc(-c2cc(C)c(C)c(O)c2)c1. The van der Waals surface area contributed by atoms with Gasteiger partial charge in [0.25, 0.3) is 0 Å². The molecule has 2 aromatic rings. The van der Waals surface area contributed by atoms with Crippen LogP contribution < -0.4 is 0 Å². The van der Waals surface area contributed by atoms with Crippen molar-refractivity contribution in [2.75, 3.05) is 0 Å². The summed E-state index contributed by atoms with van der Waals surface area (Å²) < 4.78 is 0. The second-order valence-electron chi connectivity index (χ2n) is 4.49. The molecular formula is C15H16O2. The molecule has 0 aliphatic carbocycles. The lowest BCUT2D eigenvalue weighted by molar-refractivity contribution is 0.470. The fourth-order valence-corrected chi connectivity index (χ4v) is 1.94. The van der Waals surface area contributed by atoms with E-state index < -0.39 is 0 Å². The summed E-state index contributed by atoms with van der Waals surface area (Å²) in [7, 11) is 0. The zero-order valence-electron chi connectivity index (χ0n) is 10.3. The molecule has 0 saturated heterocycles. The van der Waals surface area contributed by atoms with Crippen LogP contribution in [0.15, 0.2) is 30.3 Å². The molecule has 0 radical (unpaired) electrons. The molecule has 0 bridgehead atoms. The first-order valence-electron chi connectivity index (χ1n) is 5.58. The van der Waals surface area contributed by atoms with Gasteiger partial charge in [0.2, 0.25) is 0 Å². The van der Waals surface area contributed by atoms with Crippen LogP contribution in [0.5, 0.6) is 11.5 Å². The minimum atomic E-state index is 0.248. The van der Waals surface area contributed by atoms with Gasteiger partial charge in [-0.15, -0.1) is 0 Å². The first kappa shape index (κ1) is 11.5. The highest BCUT2D eigenvalue weighted by Crippen LogP contribution is 2.31. The molecule has 0 amide bonds.